The maximum atomic E-state index is 3.47. The monoisotopic (exact) mass is 264 g/mol. The molecule has 5 radical (unpaired) electrons. The Morgan fingerprint density at radius 3 is 0.941 bits per heavy atom. The van der Waals surface area contributed by atoms with E-state index >= 15 is 0 Å². The molecule has 0 saturated carbocycles. The van der Waals surface area contributed by atoms with Crippen molar-refractivity contribution in [1.29, 1.82) is 0 Å². The molecule has 0 aliphatic rings. The van der Waals surface area contributed by atoms with Crippen LogP contribution < -0.4 is 15.3 Å². The molecule has 85 valence electrons. The third kappa shape index (κ3) is 12.2. The molecule has 0 unspecified atom stereocenters. The van der Waals surface area contributed by atoms with Crippen LogP contribution in [0.1, 0.15) is 0 Å². The number of hydrogen-bond donors (Lipinski definition) is 0. The molecular weight excluding hydrogens is 255 g/mol. The number of nitrogens with zero attached hydrogens (tertiary/aromatic N) is 6. The molecule has 0 N–H and O–H groups in total. The molecule has 0 aliphatic carbocycles. The molecule has 3 aromatic rings. The van der Waals surface area contributed by atoms with Crippen LogP contribution in [0.15, 0.2) is 55.4 Å². The molecule has 3 heterocycles. The van der Waals surface area contributed by atoms with Crippen LogP contribution in [0.3, 0.4) is 0 Å². The SMILES string of the molecule is [B-].[Cr+3].c1cn[n-]c1.c1cn[n-]c1.c1cn[n-]c1. The van der Waals surface area contributed by atoms with E-state index in [1.807, 2.05) is 0 Å². The van der Waals surface area contributed by atoms with Crippen molar-refractivity contribution < 1.29 is 17.4 Å². The van der Waals surface area contributed by atoms with Gasteiger partial charge in [-0.1, -0.05) is 18.2 Å². The average molecular weight is 264 g/mol. The predicted molar refractivity (Wildman–Crippen MR) is 58.4 cm³/mol. The van der Waals surface area contributed by atoms with Crippen molar-refractivity contribution in [3.8, 4) is 0 Å². The standard InChI is InChI=1S/3C3H3N2.B.Cr/c3*1-2-4-5-3-1;;/h3*1-3H;;/q4*-1;+3. The minimum absolute atomic E-state index is 0. The van der Waals surface area contributed by atoms with Crippen LogP contribution >= 0.6 is 0 Å². The van der Waals surface area contributed by atoms with Gasteiger partial charge < -0.3 is 39.0 Å². The van der Waals surface area contributed by atoms with Gasteiger partial charge >= 0.3 is 17.4 Å². The fourth-order valence-electron chi connectivity index (χ4n) is 0.577. The maximum Gasteiger partial charge on any atom is 3.00 e. The molecule has 8 heteroatoms. The maximum absolute atomic E-state index is 3.47. The molecule has 3 rings (SSSR count). The van der Waals surface area contributed by atoms with Gasteiger partial charge in [0, 0.05) is 18.6 Å². The van der Waals surface area contributed by atoms with Crippen LogP contribution in [0.4, 0.5) is 0 Å². The summed E-state index contributed by atoms with van der Waals surface area (Å²) in [6.45, 7) is 0. The summed E-state index contributed by atoms with van der Waals surface area (Å²) in [4.78, 5) is 0. The average Bonchev–Trinajstić information content (AvgIpc) is 3.09. The smallest absolute Gasteiger partial charge is 1.00 e. The van der Waals surface area contributed by atoms with Gasteiger partial charge in [-0.15, -0.1) is 0 Å². The van der Waals surface area contributed by atoms with E-state index in [0.717, 1.165) is 0 Å². The summed E-state index contributed by atoms with van der Waals surface area (Å²) in [5.74, 6) is 0. The van der Waals surface area contributed by atoms with Crippen molar-refractivity contribution in [1.82, 2.24) is 30.6 Å². The van der Waals surface area contributed by atoms with Gasteiger partial charge in [0.25, 0.3) is 0 Å². The van der Waals surface area contributed by atoms with Crippen LogP contribution in [0, 0.1) is 0 Å². The molecule has 6 nitrogen and oxygen atoms in total. The Hall–Kier alpha value is -1.77. The Kier molecular flexibility index (Phi) is 14.7. The fourth-order valence-corrected chi connectivity index (χ4v) is 0.577. The second kappa shape index (κ2) is 14.2. The summed E-state index contributed by atoms with van der Waals surface area (Å²) in [7, 11) is 0. The van der Waals surface area contributed by atoms with Crippen molar-refractivity contribution in [2.45, 2.75) is 0 Å². The predicted octanol–water partition coefficient (Wildman–Crippen LogP) is -0.267. The zero-order valence-electron chi connectivity index (χ0n) is 8.87. The van der Waals surface area contributed by atoms with E-state index in [-0.39, 0.29) is 25.8 Å². The summed E-state index contributed by atoms with van der Waals surface area (Å²) in [6, 6.07) is 5.33. The van der Waals surface area contributed by atoms with Crippen LogP contribution in [-0.2, 0) is 17.4 Å². The first-order chi connectivity index (χ1) is 7.50. The van der Waals surface area contributed by atoms with Crippen molar-refractivity contribution in [3.05, 3.63) is 55.4 Å². The van der Waals surface area contributed by atoms with E-state index in [4.69, 9.17) is 0 Å². The molecule has 0 saturated heterocycles. The fraction of sp³-hybridized carbons (Fsp3) is 0. The molecule has 0 bridgehead atoms. The van der Waals surface area contributed by atoms with Gasteiger partial charge in [-0.25, -0.2) is 0 Å². The van der Waals surface area contributed by atoms with E-state index in [9.17, 15) is 0 Å². The topological polar surface area (TPSA) is 81.0 Å². The zero-order valence-corrected chi connectivity index (χ0v) is 10.1. The van der Waals surface area contributed by atoms with Crippen molar-refractivity contribution in [3.63, 3.8) is 0 Å². The summed E-state index contributed by atoms with van der Waals surface area (Å²) in [5, 5.41) is 20.8. The first-order valence-electron chi connectivity index (χ1n) is 4.15. The quantitative estimate of drug-likeness (QED) is 0.520. The first kappa shape index (κ1) is 17.6. The molecule has 0 spiro atoms. The normalized spacial score (nSPS) is 7.06. The first-order valence-corrected chi connectivity index (χ1v) is 4.15. The second-order valence-electron chi connectivity index (χ2n) is 2.16. The van der Waals surface area contributed by atoms with Gasteiger partial charge in [-0.2, -0.15) is 18.6 Å². The second-order valence-corrected chi connectivity index (χ2v) is 2.16. The number of hydrogen-bond acceptors (Lipinski definition) is 3. The minimum atomic E-state index is 0. The van der Waals surface area contributed by atoms with Gasteiger partial charge in [-0.3, -0.25) is 0 Å². The summed E-state index contributed by atoms with van der Waals surface area (Å²) < 4.78 is 0. The van der Waals surface area contributed by atoms with Crippen LogP contribution in [0.2, 0.25) is 0 Å². The minimum Gasteiger partial charge on any atom is -1.00 e. The molecule has 17 heavy (non-hydrogen) atoms. The molecule has 3 aromatic heterocycles. The Balaban J connectivity index is 0. The van der Waals surface area contributed by atoms with Gasteiger partial charge in [0.05, 0.1) is 0 Å². The molecule has 0 atom stereocenters. The summed E-state index contributed by atoms with van der Waals surface area (Å²) >= 11 is 0. The van der Waals surface area contributed by atoms with E-state index < -0.39 is 0 Å². The zero-order chi connectivity index (χ0) is 10.6. The van der Waals surface area contributed by atoms with Crippen molar-refractivity contribution >= 4 is 8.41 Å². The van der Waals surface area contributed by atoms with Gasteiger partial charge in [0.2, 0.25) is 0 Å². The van der Waals surface area contributed by atoms with E-state index in [0.29, 0.717) is 0 Å². The third-order valence-electron chi connectivity index (χ3n) is 1.12. The van der Waals surface area contributed by atoms with Crippen molar-refractivity contribution in [2.24, 2.45) is 0 Å². The number of rotatable bonds is 0. The Morgan fingerprint density at radius 2 is 0.882 bits per heavy atom. The summed E-state index contributed by atoms with van der Waals surface area (Å²) in [5.41, 5.74) is 0. The van der Waals surface area contributed by atoms with Gasteiger partial charge in [0.15, 0.2) is 0 Å². The molecule has 0 aromatic carbocycles. The van der Waals surface area contributed by atoms with E-state index in [1.165, 1.54) is 0 Å². The molecular formula is C9H9BCrN6-. The molecule has 0 fully saturated rings. The molecule has 0 aliphatic heterocycles. The number of aromatic nitrogens is 6. The Morgan fingerprint density at radius 1 is 0.588 bits per heavy atom. The summed E-state index contributed by atoms with van der Waals surface area (Å²) in [6.07, 6.45) is 9.83. The Bertz CT molecular complexity index is 257. The van der Waals surface area contributed by atoms with Gasteiger partial charge in [-0.05, 0) is 0 Å². The molecule has 0 amide bonds. The largest absolute Gasteiger partial charge is 3.00 e. The van der Waals surface area contributed by atoms with Crippen LogP contribution in [0.25, 0.3) is 0 Å². The van der Waals surface area contributed by atoms with Crippen LogP contribution in [0.5, 0.6) is 0 Å². The van der Waals surface area contributed by atoms with Crippen molar-refractivity contribution in [2.75, 3.05) is 0 Å². The third-order valence-corrected chi connectivity index (χ3v) is 1.12. The van der Waals surface area contributed by atoms with Gasteiger partial charge in [0.1, 0.15) is 0 Å². The Labute approximate surface area is 112 Å². The van der Waals surface area contributed by atoms with E-state index in [1.54, 1.807) is 55.4 Å². The van der Waals surface area contributed by atoms with E-state index in [2.05, 4.69) is 30.6 Å². The van der Waals surface area contributed by atoms with Crippen LogP contribution in [-0.4, -0.2) is 23.7 Å².